The van der Waals surface area contributed by atoms with E-state index in [-0.39, 0.29) is 30.7 Å². The Morgan fingerprint density at radius 3 is 2.78 bits per heavy atom. The van der Waals surface area contributed by atoms with Gasteiger partial charge in [0.25, 0.3) is 5.91 Å². The number of nitrogens with zero attached hydrogens (tertiary/aromatic N) is 1. The number of carbonyl (C=O) groups is 2. The van der Waals surface area contributed by atoms with Crippen molar-refractivity contribution in [1.29, 1.82) is 0 Å². The number of halogens is 1. The summed E-state index contributed by atoms with van der Waals surface area (Å²) < 4.78 is 18.0. The number of nitrogens with one attached hydrogen (secondary N) is 1. The van der Waals surface area contributed by atoms with Crippen LogP contribution in [-0.4, -0.2) is 44.0 Å². The highest BCUT2D eigenvalue weighted by Gasteiger charge is 2.12. The van der Waals surface area contributed by atoms with Crippen molar-refractivity contribution in [1.82, 2.24) is 10.2 Å². The molecule has 0 saturated carbocycles. The number of hydrogen-bond donors (Lipinski definition) is 1. The highest BCUT2D eigenvalue weighted by Crippen LogP contribution is 2.11. The van der Waals surface area contributed by atoms with Crippen LogP contribution in [0.15, 0.2) is 24.3 Å². The normalized spacial score (nSPS) is 9.72. The first-order chi connectivity index (χ1) is 8.52. The van der Waals surface area contributed by atoms with Gasteiger partial charge in [-0.15, -0.1) is 0 Å². The minimum Gasteiger partial charge on any atom is -0.484 e. The maximum Gasteiger partial charge on any atom is 0.260 e. The maximum absolute atomic E-state index is 12.8. The van der Waals surface area contributed by atoms with E-state index < -0.39 is 5.82 Å². The highest BCUT2D eigenvalue weighted by molar-refractivity contribution is 5.85. The smallest absolute Gasteiger partial charge is 0.260 e. The number of hydrogen-bond acceptors (Lipinski definition) is 3. The molecule has 0 bridgehead atoms. The fourth-order valence-corrected chi connectivity index (χ4v) is 1.19. The van der Waals surface area contributed by atoms with Crippen molar-refractivity contribution in [3.8, 4) is 5.75 Å². The topological polar surface area (TPSA) is 58.6 Å². The molecule has 2 amide bonds. The van der Waals surface area contributed by atoms with E-state index in [2.05, 4.69) is 5.32 Å². The summed E-state index contributed by atoms with van der Waals surface area (Å²) in [5, 5.41) is 2.41. The third kappa shape index (κ3) is 4.40. The Kier molecular flexibility index (Phi) is 5.10. The van der Waals surface area contributed by atoms with Gasteiger partial charge in [0.05, 0.1) is 6.54 Å². The van der Waals surface area contributed by atoms with Crippen molar-refractivity contribution in [2.75, 3.05) is 27.2 Å². The van der Waals surface area contributed by atoms with Crippen molar-refractivity contribution >= 4 is 11.8 Å². The largest absolute Gasteiger partial charge is 0.484 e. The summed E-state index contributed by atoms with van der Waals surface area (Å²) in [6.45, 7) is -0.279. The van der Waals surface area contributed by atoms with Crippen LogP contribution >= 0.6 is 0 Å². The summed E-state index contributed by atoms with van der Waals surface area (Å²) in [5.74, 6) is -0.783. The van der Waals surface area contributed by atoms with Gasteiger partial charge in [-0.25, -0.2) is 4.39 Å². The van der Waals surface area contributed by atoms with Gasteiger partial charge in [0.2, 0.25) is 5.91 Å². The molecular formula is C12H15FN2O3. The first kappa shape index (κ1) is 14.0. The second-order valence-corrected chi connectivity index (χ2v) is 3.67. The van der Waals surface area contributed by atoms with Crippen molar-refractivity contribution in [3.63, 3.8) is 0 Å². The van der Waals surface area contributed by atoms with Crippen LogP contribution in [0.5, 0.6) is 5.75 Å². The number of amides is 2. The fourth-order valence-electron chi connectivity index (χ4n) is 1.19. The lowest BCUT2D eigenvalue weighted by molar-refractivity contribution is -0.136. The molecule has 1 N–H and O–H groups in total. The van der Waals surface area contributed by atoms with Crippen LogP contribution < -0.4 is 10.1 Å². The van der Waals surface area contributed by atoms with Gasteiger partial charge in [-0.1, -0.05) is 6.07 Å². The Hall–Kier alpha value is -2.11. The Bertz CT molecular complexity index is 437. The molecule has 5 nitrogen and oxygen atoms in total. The van der Waals surface area contributed by atoms with Crippen molar-refractivity contribution < 1.29 is 18.7 Å². The number of benzene rings is 1. The van der Waals surface area contributed by atoms with Crippen LogP contribution in [0.3, 0.4) is 0 Å². The molecule has 0 aliphatic carbocycles. The summed E-state index contributed by atoms with van der Waals surface area (Å²) in [7, 11) is 2.98. The van der Waals surface area contributed by atoms with E-state index in [1.54, 1.807) is 6.07 Å². The Labute approximate surface area is 105 Å². The molecular weight excluding hydrogens is 239 g/mol. The van der Waals surface area contributed by atoms with Gasteiger partial charge in [-0.05, 0) is 12.1 Å². The summed E-state index contributed by atoms with van der Waals surface area (Å²) in [4.78, 5) is 23.9. The van der Waals surface area contributed by atoms with E-state index in [4.69, 9.17) is 4.74 Å². The molecule has 0 aliphatic rings. The van der Waals surface area contributed by atoms with E-state index in [0.717, 1.165) is 0 Å². The number of carbonyl (C=O) groups excluding carboxylic acids is 2. The summed E-state index contributed by atoms with van der Waals surface area (Å²) in [5.41, 5.74) is 0. The molecule has 18 heavy (non-hydrogen) atoms. The van der Waals surface area contributed by atoms with Crippen LogP contribution in [-0.2, 0) is 9.59 Å². The van der Waals surface area contributed by atoms with Crippen LogP contribution in [0, 0.1) is 5.82 Å². The molecule has 1 aromatic carbocycles. The molecule has 0 fully saturated rings. The molecule has 0 spiro atoms. The third-order valence-corrected chi connectivity index (χ3v) is 2.24. The van der Waals surface area contributed by atoms with Gasteiger partial charge in [-0.3, -0.25) is 9.59 Å². The predicted molar refractivity (Wildman–Crippen MR) is 63.6 cm³/mol. The standard InChI is InChI=1S/C12H15FN2O3/c1-14-11(16)7-15(2)12(17)8-18-10-5-3-4-9(13)6-10/h3-6H,7-8H2,1-2H3,(H,14,16). The van der Waals surface area contributed by atoms with Crippen molar-refractivity contribution in [3.05, 3.63) is 30.1 Å². The van der Waals surface area contributed by atoms with Crippen molar-refractivity contribution in [2.45, 2.75) is 0 Å². The molecule has 0 atom stereocenters. The zero-order valence-electron chi connectivity index (χ0n) is 10.3. The van der Waals surface area contributed by atoms with Gasteiger partial charge in [0.15, 0.2) is 6.61 Å². The Balaban J connectivity index is 2.43. The van der Waals surface area contributed by atoms with E-state index in [1.165, 1.54) is 37.2 Å². The van der Waals surface area contributed by atoms with Crippen LogP contribution in [0.2, 0.25) is 0 Å². The zero-order chi connectivity index (χ0) is 13.5. The van der Waals surface area contributed by atoms with E-state index >= 15 is 0 Å². The van der Waals surface area contributed by atoms with Crippen LogP contribution in [0.4, 0.5) is 4.39 Å². The second-order valence-electron chi connectivity index (χ2n) is 3.67. The predicted octanol–water partition coefficient (Wildman–Crippen LogP) is 0.409. The maximum atomic E-state index is 12.8. The van der Waals surface area contributed by atoms with E-state index in [0.29, 0.717) is 0 Å². The molecule has 1 rings (SSSR count). The number of likely N-dealkylation sites (N-methyl/N-ethyl adjacent to an activating group) is 2. The fraction of sp³-hybridized carbons (Fsp3) is 0.333. The van der Waals surface area contributed by atoms with E-state index in [1.807, 2.05) is 0 Å². The lowest BCUT2D eigenvalue weighted by Gasteiger charge is -2.16. The van der Waals surface area contributed by atoms with Crippen LogP contribution in [0.1, 0.15) is 0 Å². The van der Waals surface area contributed by atoms with Gasteiger partial charge in [0, 0.05) is 20.2 Å². The molecule has 0 aromatic heterocycles. The minimum absolute atomic E-state index is 0.0398. The average molecular weight is 254 g/mol. The summed E-state index contributed by atoms with van der Waals surface area (Å²) in [6, 6.07) is 5.51. The Morgan fingerprint density at radius 1 is 1.44 bits per heavy atom. The lowest BCUT2D eigenvalue weighted by atomic mass is 10.3. The third-order valence-electron chi connectivity index (χ3n) is 2.24. The molecule has 98 valence electrons. The average Bonchev–Trinajstić information content (AvgIpc) is 2.35. The van der Waals surface area contributed by atoms with Crippen LogP contribution in [0.25, 0.3) is 0 Å². The van der Waals surface area contributed by atoms with Gasteiger partial charge >= 0.3 is 0 Å². The van der Waals surface area contributed by atoms with Crippen molar-refractivity contribution in [2.24, 2.45) is 0 Å². The summed E-state index contributed by atoms with van der Waals surface area (Å²) in [6.07, 6.45) is 0. The molecule has 1 aromatic rings. The molecule has 0 radical (unpaired) electrons. The number of rotatable bonds is 5. The second kappa shape index (κ2) is 6.58. The van der Waals surface area contributed by atoms with Gasteiger partial charge in [-0.2, -0.15) is 0 Å². The molecule has 6 heteroatoms. The lowest BCUT2D eigenvalue weighted by Crippen LogP contribution is -2.39. The van der Waals surface area contributed by atoms with Gasteiger partial charge in [0.1, 0.15) is 11.6 Å². The highest BCUT2D eigenvalue weighted by atomic mass is 19.1. The molecule has 0 heterocycles. The van der Waals surface area contributed by atoms with Gasteiger partial charge < -0.3 is 15.0 Å². The van der Waals surface area contributed by atoms with E-state index in [9.17, 15) is 14.0 Å². The molecule has 0 saturated heterocycles. The Morgan fingerprint density at radius 2 is 2.17 bits per heavy atom. The number of ether oxygens (including phenoxy) is 1. The monoisotopic (exact) mass is 254 g/mol. The first-order valence-corrected chi connectivity index (χ1v) is 5.36. The quantitative estimate of drug-likeness (QED) is 0.828. The SMILES string of the molecule is CNC(=O)CN(C)C(=O)COc1cccc(F)c1. The molecule has 0 aliphatic heterocycles. The minimum atomic E-state index is -0.432. The zero-order valence-corrected chi connectivity index (χ0v) is 10.3. The molecule has 0 unspecified atom stereocenters. The first-order valence-electron chi connectivity index (χ1n) is 5.36. The summed E-state index contributed by atoms with van der Waals surface area (Å²) >= 11 is 0.